The number of nitrogens with two attached hydrogens (primary N) is 1. The van der Waals surface area contributed by atoms with Crippen LogP contribution in [0.25, 0.3) is 0 Å². The summed E-state index contributed by atoms with van der Waals surface area (Å²) in [5.41, 5.74) is 5.16. The highest BCUT2D eigenvalue weighted by molar-refractivity contribution is 7.90. The van der Waals surface area contributed by atoms with E-state index < -0.39 is 23.2 Å². The van der Waals surface area contributed by atoms with Crippen molar-refractivity contribution in [2.75, 3.05) is 12.0 Å². The molecule has 0 bridgehead atoms. The molecule has 0 aromatic rings. The monoisotopic (exact) mass is 166 g/mol. The molecular formula is C5H12NO3S+. The molecule has 0 aliphatic rings. The highest BCUT2D eigenvalue weighted by atomic mass is 32.2. The minimum absolute atomic E-state index is 0.339. The first kappa shape index (κ1) is 9.74. The predicted octanol–water partition coefficient (Wildman–Crippen LogP) is -0.490. The van der Waals surface area contributed by atoms with Crippen LogP contribution in [0.15, 0.2) is 0 Å². The molecule has 0 heterocycles. The van der Waals surface area contributed by atoms with Crippen LogP contribution >= 0.6 is 0 Å². The molecule has 0 aliphatic heterocycles. The van der Waals surface area contributed by atoms with E-state index in [0.29, 0.717) is 12.2 Å². The van der Waals surface area contributed by atoms with E-state index in [9.17, 15) is 4.79 Å². The van der Waals surface area contributed by atoms with Gasteiger partial charge in [-0.05, 0) is 0 Å². The maximum absolute atomic E-state index is 10.1. The van der Waals surface area contributed by atoms with Crippen LogP contribution in [0.3, 0.4) is 0 Å². The maximum Gasteiger partial charge on any atom is 0.320 e. The van der Waals surface area contributed by atoms with Gasteiger partial charge in [0, 0.05) is 6.42 Å². The van der Waals surface area contributed by atoms with Crippen molar-refractivity contribution in [3.63, 3.8) is 0 Å². The Labute approximate surface area is 62.6 Å². The highest BCUT2D eigenvalue weighted by Crippen LogP contribution is 1.93. The minimum atomic E-state index is -1.01. The average molecular weight is 166 g/mol. The number of aliphatic carboxylic acids is 1. The van der Waals surface area contributed by atoms with Crippen LogP contribution in [0, 0.1) is 0 Å². The SMILES string of the molecule is C[S+](O)CCC(N)C(=O)O. The fourth-order valence-corrected chi connectivity index (χ4v) is 1.02. The van der Waals surface area contributed by atoms with E-state index in [-0.39, 0.29) is 0 Å². The van der Waals surface area contributed by atoms with Crippen molar-refractivity contribution in [1.82, 2.24) is 0 Å². The lowest BCUT2D eigenvalue weighted by atomic mass is 10.2. The van der Waals surface area contributed by atoms with Gasteiger partial charge in [0.05, 0.1) is 0 Å². The Kier molecular flexibility index (Phi) is 4.42. The van der Waals surface area contributed by atoms with Crippen molar-refractivity contribution in [2.45, 2.75) is 12.5 Å². The van der Waals surface area contributed by atoms with Crippen molar-refractivity contribution >= 4 is 17.1 Å². The van der Waals surface area contributed by atoms with Gasteiger partial charge >= 0.3 is 5.97 Å². The fourth-order valence-electron chi connectivity index (χ4n) is 0.421. The number of carbonyl (C=O) groups is 1. The Bertz CT molecular complexity index is 117. The number of rotatable bonds is 4. The van der Waals surface area contributed by atoms with Crippen LogP contribution in [0.1, 0.15) is 6.42 Å². The lowest BCUT2D eigenvalue weighted by Crippen LogP contribution is -2.31. The van der Waals surface area contributed by atoms with Crippen LogP contribution in [0.5, 0.6) is 0 Å². The molecule has 5 heteroatoms. The Balaban J connectivity index is 3.40. The van der Waals surface area contributed by atoms with Gasteiger partial charge < -0.3 is 10.8 Å². The first-order valence-electron chi connectivity index (χ1n) is 2.84. The first-order valence-corrected chi connectivity index (χ1v) is 4.60. The minimum Gasteiger partial charge on any atom is -0.480 e. The average Bonchev–Trinajstić information content (AvgIpc) is 1.82. The molecule has 0 amide bonds. The Morgan fingerprint density at radius 1 is 1.80 bits per heavy atom. The third-order valence-corrected chi connectivity index (χ3v) is 1.87. The van der Waals surface area contributed by atoms with Crippen LogP contribution < -0.4 is 5.73 Å². The van der Waals surface area contributed by atoms with Crippen molar-refractivity contribution in [2.24, 2.45) is 5.73 Å². The van der Waals surface area contributed by atoms with E-state index in [1.54, 1.807) is 6.26 Å². The van der Waals surface area contributed by atoms with E-state index in [0.717, 1.165) is 0 Å². The molecule has 0 spiro atoms. The quantitative estimate of drug-likeness (QED) is 0.492. The van der Waals surface area contributed by atoms with Gasteiger partial charge in [-0.1, -0.05) is 0 Å². The smallest absolute Gasteiger partial charge is 0.320 e. The molecule has 10 heavy (non-hydrogen) atoms. The molecule has 60 valence electrons. The molecule has 0 radical (unpaired) electrons. The summed E-state index contributed by atoms with van der Waals surface area (Å²) in [7, 11) is 0. The Morgan fingerprint density at radius 2 is 2.30 bits per heavy atom. The third kappa shape index (κ3) is 4.60. The van der Waals surface area contributed by atoms with Crippen molar-refractivity contribution in [1.29, 1.82) is 0 Å². The molecule has 2 atom stereocenters. The summed E-state index contributed by atoms with van der Waals surface area (Å²) in [6, 6.07) is -0.831. The van der Waals surface area contributed by atoms with Crippen LogP contribution in [0.4, 0.5) is 0 Å². The van der Waals surface area contributed by atoms with Gasteiger partial charge in [0.15, 0.2) is 0 Å². The second-order valence-electron chi connectivity index (χ2n) is 2.04. The van der Waals surface area contributed by atoms with Gasteiger partial charge in [0.25, 0.3) is 0 Å². The normalized spacial score (nSPS) is 16.3. The Morgan fingerprint density at radius 3 is 2.60 bits per heavy atom. The van der Waals surface area contributed by atoms with Gasteiger partial charge in [-0.25, -0.2) is 0 Å². The van der Waals surface area contributed by atoms with E-state index in [2.05, 4.69) is 0 Å². The molecule has 0 rings (SSSR count). The van der Waals surface area contributed by atoms with Crippen molar-refractivity contribution in [3.8, 4) is 0 Å². The summed E-state index contributed by atoms with van der Waals surface area (Å²) >= 11 is -0.696. The van der Waals surface area contributed by atoms with Crippen molar-refractivity contribution in [3.05, 3.63) is 0 Å². The van der Waals surface area contributed by atoms with Gasteiger partial charge in [-0.3, -0.25) is 4.79 Å². The first-order chi connectivity index (χ1) is 4.54. The van der Waals surface area contributed by atoms with Gasteiger partial charge in [0.2, 0.25) is 0 Å². The summed E-state index contributed by atoms with van der Waals surface area (Å²) < 4.78 is 8.76. The van der Waals surface area contributed by atoms with Crippen LogP contribution in [-0.4, -0.2) is 33.7 Å². The number of carboxylic acids is 1. The number of hydrogen-bond donors (Lipinski definition) is 3. The molecular weight excluding hydrogens is 154 g/mol. The second kappa shape index (κ2) is 4.54. The zero-order valence-corrected chi connectivity index (χ0v) is 6.60. The predicted molar refractivity (Wildman–Crippen MR) is 41.0 cm³/mol. The fraction of sp³-hybridized carbons (Fsp3) is 0.800. The maximum atomic E-state index is 10.1. The third-order valence-electron chi connectivity index (χ3n) is 1.04. The van der Waals surface area contributed by atoms with Crippen LogP contribution in [0.2, 0.25) is 0 Å². The topological polar surface area (TPSA) is 83.5 Å². The lowest BCUT2D eigenvalue weighted by molar-refractivity contribution is -0.138. The van der Waals surface area contributed by atoms with Gasteiger partial charge in [0.1, 0.15) is 29.2 Å². The summed E-state index contributed by atoms with van der Waals surface area (Å²) in [4.78, 5) is 10.1. The molecule has 0 saturated heterocycles. The second-order valence-corrected chi connectivity index (χ2v) is 3.65. The molecule has 0 aliphatic carbocycles. The lowest BCUT2D eigenvalue weighted by Gasteiger charge is -2.01. The summed E-state index contributed by atoms with van der Waals surface area (Å²) in [5, 5.41) is 8.29. The molecule has 0 saturated carbocycles. The zero-order valence-electron chi connectivity index (χ0n) is 5.78. The molecule has 4 nitrogen and oxygen atoms in total. The standard InChI is InChI=1S/C5H11NO3S/c1-10(9)3-2-4(6)5(7)8/h4,9H,2-3,6H2,1H3/p+1. The molecule has 0 aromatic heterocycles. The van der Waals surface area contributed by atoms with E-state index in [1.165, 1.54) is 0 Å². The van der Waals surface area contributed by atoms with Crippen molar-refractivity contribution < 1.29 is 14.5 Å². The van der Waals surface area contributed by atoms with Crippen LogP contribution in [-0.2, 0) is 16.0 Å². The molecule has 0 aromatic carbocycles. The van der Waals surface area contributed by atoms with Gasteiger partial charge in [-0.2, -0.15) is 4.55 Å². The number of hydrogen-bond acceptors (Lipinski definition) is 3. The van der Waals surface area contributed by atoms with E-state index >= 15 is 0 Å². The summed E-state index contributed by atoms with van der Waals surface area (Å²) in [6.07, 6.45) is 1.97. The van der Waals surface area contributed by atoms with Gasteiger partial charge in [-0.15, -0.1) is 0 Å². The Hall–Kier alpha value is -0.260. The largest absolute Gasteiger partial charge is 0.480 e. The molecule has 2 unspecified atom stereocenters. The highest BCUT2D eigenvalue weighted by Gasteiger charge is 2.15. The zero-order chi connectivity index (χ0) is 8.15. The van der Waals surface area contributed by atoms with E-state index in [1.807, 2.05) is 0 Å². The molecule has 4 N–H and O–H groups in total. The van der Waals surface area contributed by atoms with E-state index in [4.69, 9.17) is 15.4 Å². The number of carboxylic acid groups (broad SMARTS) is 1. The summed E-state index contributed by atoms with van der Waals surface area (Å²) in [5.74, 6) is -0.543. The summed E-state index contributed by atoms with van der Waals surface area (Å²) in [6.45, 7) is 0. The molecule has 0 fully saturated rings.